The van der Waals surface area contributed by atoms with Gasteiger partial charge < -0.3 is 10.4 Å². The molecule has 0 saturated carbocycles. The molecule has 0 fully saturated rings. The fraction of sp³-hybridized carbons (Fsp3) is 0.333. The van der Waals surface area contributed by atoms with Gasteiger partial charge in [0, 0.05) is 5.69 Å². The summed E-state index contributed by atoms with van der Waals surface area (Å²) in [6.07, 6.45) is 0. The van der Waals surface area contributed by atoms with Crippen molar-refractivity contribution in [1.82, 2.24) is 15.5 Å². The Kier molecular flexibility index (Phi) is 5.05. The van der Waals surface area contributed by atoms with Crippen molar-refractivity contribution in [3.63, 3.8) is 0 Å². The minimum Gasteiger partial charge on any atom is -0.394 e. The van der Waals surface area contributed by atoms with Gasteiger partial charge in [0.05, 0.1) is 12.6 Å². The van der Waals surface area contributed by atoms with Gasteiger partial charge in [0.1, 0.15) is 5.69 Å². The summed E-state index contributed by atoms with van der Waals surface area (Å²) in [4.78, 5) is 12.1. The number of carbonyl (C=O) groups excluding carboxylic acids is 1. The maximum Gasteiger partial charge on any atom is 0.272 e. The van der Waals surface area contributed by atoms with Gasteiger partial charge >= 0.3 is 0 Å². The molecule has 5 nitrogen and oxygen atoms in total. The summed E-state index contributed by atoms with van der Waals surface area (Å²) >= 11 is 0. The molecule has 1 aromatic heterocycles. The third kappa shape index (κ3) is 3.70. The van der Waals surface area contributed by atoms with Crippen LogP contribution in [0.15, 0.2) is 18.2 Å². The lowest BCUT2D eigenvalue weighted by Crippen LogP contribution is -2.31. The number of H-pyrrole nitrogens is 1. The van der Waals surface area contributed by atoms with Crippen LogP contribution in [0.3, 0.4) is 0 Å². The number of hydrogen-bond donors (Lipinski definition) is 3. The average Bonchev–Trinajstić information content (AvgIpc) is 2.99. The molecule has 0 bridgehead atoms. The van der Waals surface area contributed by atoms with Gasteiger partial charge in [-0.25, -0.2) is 13.2 Å². The molecule has 0 saturated heterocycles. The Bertz CT molecular complexity index is 693. The number of nitrogens with zero attached hydrogens (tertiary/aromatic N) is 1. The first-order valence-electron chi connectivity index (χ1n) is 6.95. The fourth-order valence-corrected chi connectivity index (χ4v) is 1.99. The maximum absolute atomic E-state index is 13.3. The first-order valence-corrected chi connectivity index (χ1v) is 6.95. The van der Waals surface area contributed by atoms with Crippen LogP contribution < -0.4 is 5.32 Å². The van der Waals surface area contributed by atoms with Gasteiger partial charge in [-0.2, -0.15) is 5.10 Å². The summed E-state index contributed by atoms with van der Waals surface area (Å²) in [5.41, 5.74) is 0.738. The fourth-order valence-electron chi connectivity index (χ4n) is 1.99. The van der Waals surface area contributed by atoms with Crippen LogP contribution in [0.25, 0.3) is 0 Å². The number of aliphatic hydroxyl groups is 1. The second kappa shape index (κ2) is 6.82. The SMILES string of the molecule is CC(C)c1cc(C(=O)NC(CO)c2cc(F)c(F)c(F)c2)n[nH]1. The van der Waals surface area contributed by atoms with E-state index in [2.05, 4.69) is 15.5 Å². The van der Waals surface area contributed by atoms with Crippen LogP contribution in [-0.2, 0) is 0 Å². The van der Waals surface area contributed by atoms with Gasteiger partial charge in [0.25, 0.3) is 5.91 Å². The van der Waals surface area contributed by atoms with E-state index in [-0.39, 0.29) is 17.2 Å². The number of halogens is 3. The third-order valence-corrected chi connectivity index (χ3v) is 3.35. The molecule has 1 amide bonds. The number of aromatic nitrogens is 2. The molecule has 8 heteroatoms. The van der Waals surface area contributed by atoms with E-state index in [0.29, 0.717) is 0 Å². The van der Waals surface area contributed by atoms with Crippen LogP contribution in [-0.4, -0.2) is 27.8 Å². The van der Waals surface area contributed by atoms with Crippen LogP contribution in [0.2, 0.25) is 0 Å². The Balaban J connectivity index is 2.20. The molecule has 124 valence electrons. The molecule has 2 aromatic rings. The van der Waals surface area contributed by atoms with E-state index >= 15 is 0 Å². The summed E-state index contributed by atoms with van der Waals surface area (Å²) < 4.78 is 39.5. The molecule has 0 aliphatic carbocycles. The van der Waals surface area contributed by atoms with Crippen molar-refractivity contribution in [1.29, 1.82) is 0 Å². The molecule has 1 aromatic carbocycles. The molecular formula is C15H16F3N3O2. The highest BCUT2D eigenvalue weighted by atomic mass is 19.2. The van der Waals surface area contributed by atoms with Gasteiger partial charge in [0.2, 0.25) is 0 Å². The Morgan fingerprint density at radius 1 is 1.26 bits per heavy atom. The monoisotopic (exact) mass is 327 g/mol. The van der Waals surface area contributed by atoms with Crippen molar-refractivity contribution in [2.24, 2.45) is 0 Å². The Morgan fingerprint density at radius 3 is 2.35 bits per heavy atom. The molecule has 0 aliphatic heterocycles. The lowest BCUT2D eigenvalue weighted by atomic mass is 10.1. The molecular weight excluding hydrogens is 311 g/mol. The molecule has 1 heterocycles. The highest BCUT2D eigenvalue weighted by Crippen LogP contribution is 2.20. The Morgan fingerprint density at radius 2 is 1.87 bits per heavy atom. The van der Waals surface area contributed by atoms with Crippen LogP contribution in [0, 0.1) is 17.5 Å². The topological polar surface area (TPSA) is 78.0 Å². The Labute approximate surface area is 130 Å². The van der Waals surface area contributed by atoms with Crippen molar-refractivity contribution in [3.8, 4) is 0 Å². The third-order valence-electron chi connectivity index (χ3n) is 3.35. The number of hydrogen-bond acceptors (Lipinski definition) is 3. The molecule has 3 N–H and O–H groups in total. The quantitative estimate of drug-likeness (QED) is 0.738. The first-order chi connectivity index (χ1) is 10.8. The van der Waals surface area contributed by atoms with E-state index in [1.165, 1.54) is 0 Å². The second-order valence-electron chi connectivity index (χ2n) is 5.37. The van der Waals surface area contributed by atoms with Gasteiger partial charge in [-0.15, -0.1) is 0 Å². The van der Waals surface area contributed by atoms with Gasteiger partial charge in [-0.1, -0.05) is 13.8 Å². The summed E-state index contributed by atoms with van der Waals surface area (Å²) in [5.74, 6) is -4.88. The highest BCUT2D eigenvalue weighted by molar-refractivity contribution is 5.92. The zero-order valence-electron chi connectivity index (χ0n) is 12.5. The van der Waals surface area contributed by atoms with Crippen LogP contribution in [0.5, 0.6) is 0 Å². The normalized spacial score (nSPS) is 12.5. The molecule has 0 spiro atoms. The van der Waals surface area contributed by atoms with E-state index in [0.717, 1.165) is 17.8 Å². The van der Waals surface area contributed by atoms with E-state index < -0.39 is 36.0 Å². The highest BCUT2D eigenvalue weighted by Gasteiger charge is 2.21. The van der Waals surface area contributed by atoms with E-state index in [9.17, 15) is 23.1 Å². The minimum absolute atomic E-state index is 0.0789. The van der Waals surface area contributed by atoms with Crippen LogP contribution >= 0.6 is 0 Å². The van der Waals surface area contributed by atoms with Crippen molar-refractivity contribution >= 4 is 5.91 Å². The van der Waals surface area contributed by atoms with Gasteiger partial charge in [0.15, 0.2) is 17.5 Å². The predicted octanol–water partition coefficient (Wildman–Crippen LogP) is 2.41. The van der Waals surface area contributed by atoms with Crippen LogP contribution in [0.4, 0.5) is 13.2 Å². The standard InChI is InChI=1S/C15H16F3N3O2/c1-7(2)11-5-12(21-20-11)15(23)19-13(6-22)8-3-9(16)14(18)10(17)4-8/h3-5,7,13,22H,6H2,1-2H3,(H,19,23)(H,20,21). The molecule has 1 atom stereocenters. The largest absolute Gasteiger partial charge is 0.394 e. The van der Waals surface area contributed by atoms with Gasteiger partial charge in [-0.05, 0) is 29.7 Å². The zero-order chi connectivity index (χ0) is 17.1. The van der Waals surface area contributed by atoms with Crippen LogP contribution in [0.1, 0.15) is 47.6 Å². The van der Waals surface area contributed by atoms with Crippen molar-refractivity contribution < 1.29 is 23.1 Å². The average molecular weight is 327 g/mol. The van der Waals surface area contributed by atoms with Gasteiger partial charge in [-0.3, -0.25) is 9.89 Å². The Hall–Kier alpha value is -2.35. The van der Waals surface area contributed by atoms with Crippen molar-refractivity contribution in [3.05, 3.63) is 52.6 Å². The van der Waals surface area contributed by atoms with E-state index in [4.69, 9.17) is 0 Å². The lowest BCUT2D eigenvalue weighted by Gasteiger charge is -2.16. The smallest absolute Gasteiger partial charge is 0.272 e. The number of nitrogens with one attached hydrogen (secondary N) is 2. The number of carbonyl (C=O) groups is 1. The van der Waals surface area contributed by atoms with E-state index in [1.807, 2.05) is 13.8 Å². The number of aromatic amines is 1. The summed E-state index contributed by atoms with van der Waals surface area (Å²) in [7, 11) is 0. The molecule has 2 rings (SSSR count). The minimum atomic E-state index is -1.61. The molecule has 0 radical (unpaired) electrons. The lowest BCUT2D eigenvalue weighted by molar-refractivity contribution is 0.0910. The molecule has 1 unspecified atom stereocenters. The van der Waals surface area contributed by atoms with E-state index in [1.54, 1.807) is 6.07 Å². The zero-order valence-corrected chi connectivity index (χ0v) is 12.5. The summed E-state index contributed by atoms with van der Waals surface area (Å²) in [6.45, 7) is 3.21. The van der Waals surface area contributed by atoms with Crippen molar-refractivity contribution in [2.75, 3.05) is 6.61 Å². The summed E-state index contributed by atoms with van der Waals surface area (Å²) in [5, 5.41) is 18.3. The first kappa shape index (κ1) is 17.0. The number of aliphatic hydroxyl groups excluding tert-OH is 1. The molecule has 23 heavy (non-hydrogen) atoms. The van der Waals surface area contributed by atoms with Crippen molar-refractivity contribution in [2.45, 2.75) is 25.8 Å². The molecule has 0 aliphatic rings. The number of benzene rings is 1. The maximum atomic E-state index is 13.3. The number of amides is 1. The predicted molar refractivity (Wildman–Crippen MR) is 76.3 cm³/mol. The second-order valence-corrected chi connectivity index (χ2v) is 5.37. The summed E-state index contributed by atoms with van der Waals surface area (Å²) in [6, 6.07) is 1.90. The number of rotatable bonds is 5.